The maximum atomic E-state index is 11.9. The maximum absolute atomic E-state index is 11.9. The molecule has 1 unspecified atom stereocenters. The average molecular weight is 294 g/mol. The number of amides is 2. The van der Waals surface area contributed by atoms with Gasteiger partial charge in [0.15, 0.2) is 0 Å². The van der Waals surface area contributed by atoms with Crippen molar-refractivity contribution in [3.05, 3.63) is 29.8 Å². The third-order valence-electron chi connectivity index (χ3n) is 2.89. The molecule has 0 bridgehead atoms. The van der Waals surface area contributed by atoms with Crippen LogP contribution in [-0.2, 0) is 16.1 Å². The molecule has 6 nitrogen and oxygen atoms in total. The van der Waals surface area contributed by atoms with E-state index < -0.39 is 12.0 Å². The molecule has 0 heterocycles. The number of anilines is 1. The molecule has 116 valence electrons. The molecule has 0 aliphatic heterocycles. The van der Waals surface area contributed by atoms with E-state index in [0.29, 0.717) is 18.7 Å². The number of carboxylic acid groups (broad SMARTS) is 1. The van der Waals surface area contributed by atoms with E-state index in [1.807, 2.05) is 25.1 Å². The normalized spacial score (nSPS) is 11.7. The first-order chi connectivity index (χ1) is 10.0. The van der Waals surface area contributed by atoms with Crippen LogP contribution in [0.5, 0.6) is 0 Å². The number of carboxylic acids is 1. The van der Waals surface area contributed by atoms with E-state index >= 15 is 0 Å². The summed E-state index contributed by atoms with van der Waals surface area (Å²) in [7, 11) is 1.61. The molecule has 1 atom stereocenters. The lowest BCUT2D eigenvalue weighted by Gasteiger charge is -2.16. The molecule has 1 aromatic rings. The van der Waals surface area contributed by atoms with Crippen molar-refractivity contribution in [2.24, 2.45) is 0 Å². The van der Waals surface area contributed by atoms with Crippen molar-refractivity contribution >= 4 is 17.7 Å². The number of carbonyl (C=O) groups excluding carboxylic acids is 1. The van der Waals surface area contributed by atoms with Gasteiger partial charge in [-0.25, -0.2) is 4.79 Å². The van der Waals surface area contributed by atoms with Crippen molar-refractivity contribution < 1.29 is 19.4 Å². The molecule has 0 saturated carbocycles. The minimum atomic E-state index is -0.921. The van der Waals surface area contributed by atoms with Crippen LogP contribution in [0.3, 0.4) is 0 Å². The van der Waals surface area contributed by atoms with Crippen LogP contribution in [0.2, 0.25) is 0 Å². The summed E-state index contributed by atoms with van der Waals surface area (Å²) in [6, 6.07) is 6.54. The molecule has 0 aromatic heterocycles. The molecule has 0 saturated heterocycles. The summed E-state index contributed by atoms with van der Waals surface area (Å²) in [4.78, 5) is 22.7. The summed E-state index contributed by atoms with van der Waals surface area (Å²) in [5, 5.41) is 14.2. The minimum absolute atomic E-state index is 0.0784. The monoisotopic (exact) mass is 294 g/mol. The van der Waals surface area contributed by atoms with Crippen LogP contribution < -0.4 is 10.6 Å². The second-order valence-electron chi connectivity index (χ2n) is 4.82. The lowest BCUT2D eigenvalue weighted by molar-refractivity contribution is -0.137. The number of benzene rings is 1. The van der Waals surface area contributed by atoms with E-state index in [-0.39, 0.29) is 12.5 Å². The fourth-order valence-electron chi connectivity index (χ4n) is 2.04. The van der Waals surface area contributed by atoms with Crippen LogP contribution in [-0.4, -0.2) is 30.3 Å². The second-order valence-corrected chi connectivity index (χ2v) is 4.82. The summed E-state index contributed by atoms with van der Waals surface area (Å²) < 4.78 is 5.03. The Morgan fingerprint density at radius 2 is 2.14 bits per heavy atom. The number of hydrogen-bond acceptors (Lipinski definition) is 3. The molecule has 0 aliphatic rings. The Kier molecular flexibility index (Phi) is 7.25. The Balaban J connectivity index is 2.58. The lowest BCUT2D eigenvalue weighted by atomic mass is 10.1. The van der Waals surface area contributed by atoms with Crippen LogP contribution in [0.15, 0.2) is 24.3 Å². The molecule has 0 radical (unpaired) electrons. The zero-order valence-corrected chi connectivity index (χ0v) is 12.4. The standard InChI is InChI=1S/C15H22N2O4/c1-3-5-12(9-14(18)19)16-15(20)17-13-7-4-6-11(8-13)10-21-2/h4,6-8,12H,3,5,9-10H2,1-2H3,(H,18,19)(H2,16,17,20). The van der Waals surface area contributed by atoms with Gasteiger partial charge in [-0.2, -0.15) is 0 Å². The highest BCUT2D eigenvalue weighted by Gasteiger charge is 2.15. The van der Waals surface area contributed by atoms with Crippen molar-refractivity contribution in [2.45, 2.75) is 38.8 Å². The lowest BCUT2D eigenvalue weighted by Crippen LogP contribution is -2.39. The zero-order chi connectivity index (χ0) is 15.7. The highest BCUT2D eigenvalue weighted by Crippen LogP contribution is 2.11. The van der Waals surface area contributed by atoms with E-state index in [9.17, 15) is 9.59 Å². The Hall–Kier alpha value is -2.08. The van der Waals surface area contributed by atoms with Crippen molar-refractivity contribution in [1.29, 1.82) is 0 Å². The van der Waals surface area contributed by atoms with Gasteiger partial charge in [-0.15, -0.1) is 0 Å². The summed E-state index contributed by atoms with van der Waals surface area (Å²) in [6.07, 6.45) is 1.36. The third-order valence-corrected chi connectivity index (χ3v) is 2.89. The Morgan fingerprint density at radius 3 is 2.76 bits per heavy atom. The van der Waals surface area contributed by atoms with Gasteiger partial charge in [-0.05, 0) is 24.1 Å². The molecule has 1 rings (SSSR count). The highest BCUT2D eigenvalue weighted by atomic mass is 16.5. The molecule has 0 spiro atoms. The molecule has 3 N–H and O–H groups in total. The van der Waals surface area contributed by atoms with Crippen LogP contribution in [0.4, 0.5) is 10.5 Å². The summed E-state index contributed by atoms with van der Waals surface area (Å²) in [6.45, 7) is 2.41. The van der Waals surface area contributed by atoms with Gasteiger partial charge in [0.2, 0.25) is 0 Å². The number of ether oxygens (including phenoxy) is 1. The topological polar surface area (TPSA) is 87.7 Å². The van der Waals surface area contributed by atoms with Gasteiger partial charge in [0.05, 0.1) is 13.0 Å². The van der Waals surface area contributed by atoms with Crippen molar-refractivity contribution in [3.8, 4) is 0 Å². The Labute approximate surface area is 124 Å². The zero-order valence-electron chi connectivity index (χ0n) is 12.4. The summed E-state index contributed by atoms with van der Waals surface area (Å²) in [5.41, 5.74) is 1.60. The summed E-state index contributed by atoms with van der Waals surface area (Å²) >= 11 is 0. The number of aliphatic carboxylic acids is 1. The predicted octanol–water partition coefficient (Wildman–Crippen LogP) is 2.60. The molecular formula is C15H22N2O4. The number of methoxy groups -OCH3 is 1. The van der Waals surface area contributed by atoms with Crippen molar-refractivity contribution in [3.63, 3.8) is 0 Å². The quantitative estimate of drug-likeness (QED) is 0.687. The molecule has 2 amide bonds. The molecule has 21 heavy (non-hydrogen) atoms. The molecular weight excluding hydrogens is 272 g/mol. The van der Waals surface area contributed by atoms with E-state index in [4.69, 9.17) is 9.84 Å². The predicted molar refractivity (Wildman–Crippen MR) is 80.3 cm³/mol. The van der Waals surface area contributed by atoms with Gasteiger partial charge in [0.25, 0.3) is 0 Å². The van der Waals surface area contributed by atoms with Crippen molar-refractivity contribution in [2.75, 3.05) is 12.4 Å². The SMILES string of the molecule is CCCC(CC(=O)O)NC(=O)Nc1cccc(COC)c1. The van der Waals surface area contributed by atoms with E-state index in [1.54, 1.807) is 13.2 Å². The maximum Gasteiger partial charge on any atom is 0.319 e. The molecule has 0 aliphatic carbocycles. The smallest absolute Gasteiger partial charge is 0.319 e. The van der Waals surface area contributed by atoms with Gasteiger partial charge in [0.1, 0.15) is 0 Å². The van der Waals surface area contributed by atoms with Gasteiger partial charge < -0.3 is 20.5 Å². The number of hydrogen-bond donors (Lipinski definition) is 3. The first kappa shape index (κ1) is 17.0. The molecule has 6 heteroatoms. The highest BCUT2D eigenvalue weighted by molar-refractivity contribution is 5.89. The fourth-order valence-corrected chi connectivity index (χ4v) is 2.04. The third kappa shape index (κ3) is 6.76. The second kappa shape index (κ2) is 8.97. The van der Waals surface area contributed by atoms with E-state index in [2.05, 4.69) is 10.6 Å². The largest absolute Gasteiger partial charge is 0.481 e. The first-order valence-electron chi connectivity index (χ1n) is 6.92. The first-order valence-corrected chi connectivity index (χ1v) is 6.92. The van der Waals surface area contributed by atoms with E-state index in [0.717, 1.165) is 12.0 Å². The van der Waals surface area contributed by atoms with E-state index in [1.165, 1.54) is 0 Å². The molecule has 0 fully saturated rings. The van der Waals surface area contributed by atoms with Gasteiger partial charge in [-0.3, -0.25) is 4.79 Å². The Bertz CT molecular complexity index is 476. The Morgan fingerprint density at radius 1 is 1.38 bits per heavy atom. The number of carbonyl (C=O) groups is 2. The number of nitrogens with one attached hydrogen (secondary N) is 2. The van der Waals surface area contributed by atoms with Crippen LogP contribution in [0.1, 0.15) is 31.7 Å². The van der Waals surface area contributed by atoms with Gasteiger partial charge in [-0.1, -0.05) is 25.5 Å². The fraction of sp³-hybridized carbons (Fsp3) is 0.467. The van der Waals surface area contributed by atoms with Crippen molar-refractivity contribution in [1.82, 2.24) is 5.32 Å². The number of rotatable bonds is 8. The van der Waals surface area contributed by atoms with Gasteiger partial charge >= 0.3 is 12.0 Å². The molecule has 1 aromatic carbocycles. The van der Waals surface area contributed by atoms with Crippen LogP contribution >= 0.6 is 0 Å². The van der Waals surface area contributed by atoms with Crippen LogP contribution in [0.25, 0.3) is 0 Å². The average Bonchev–Trinajstić information content (AvgIpc) is 2.38. The van der Waals surface area contributed by atoms with Crippen LogP contribution in [0, 0.1) is 0 Å². The van der Waals surface area contributed by atoms with Gasteiger partial charge in [0, 0.05) is 18.8 Å². The summed E-state index contributed by atoms with van der Waals surface area (Å²) in [5.74, 6) is -0.921. The minimum Gasteiger partial charge on any atom is -0.481 e. The number of urea groups is 1.